The van der Waals surface area contributed by atoms with E-state index in [-0.39, 0.29) is 0 Å². The summed E-state index contributed by atoms with van der Waals surface area (Å²) in [7, 11) is 0. The van der Waals surface area contributed by atoms with Gasteiger partial charge in [-0.05, 0) is 74.8 Å². The Morgan fingerprint density at radius 3 is 1.33 bits per heavy atom. The molecule has 0 saturated heterocycles. The summed E-state index contributed by atoms with van der Waals surface area (Å²) in [6, 6.07) is 80.4. The second kappa shape index (κ2) is 13.8. The molecule has 63 heavy (non-hydrogen) atoms. The minimum Gasteiger partial charge on any atom is -0.278 e. The minimum atomic E-state index is -0.567. The van der Waals surface area contributed by atoms with Gasteiger partial charge in [-0.25, -0.2) is 0 Å². The van der Waals surface area contributed by atoms with Gasteiger partial charge in [-0.1, -0.05) is 194 Å². The minimum absolute atomic E-state index is 0.552. The Hall–Kier alpha value is -8.41. The Balaban J connectivity index is 1.13. The molecule has 13 rings (SSSR count). The summed E-state index contributed by atoms with van der Waals surface area (Å²) in [5.41, 5.74) is 14.2. The van der Waals surface area contributed by atoms with Crippen molar-refractivity contribution in [1.82, 2.24) is 24.1 Å². The van der Waals surface area contributed by atoms with Crippen LogP contribution in [0.4, 0.5) is 0 Å². The highest BCUT2D eigenvalue weighted by molar-refractivity contribution is 6.12. The Labute approximate surface area is 363 Å². The van der Waals surface area contributed by atoms with E-state index in [1.807, 2.05) is 6.07 Å². The Morgan fingerprint density at radius 2 is 0.746 bits per heavy atom. The molecule has 0 fully saturated rings. The van der Waals surface area contributed by atoms with Crippen molar-refractivity contribution in [2.75, 3.05) is 0 Å². The number of hydrogen-bond donors (Lipinski definition) is 0. The van der Waals surface area contributed by atoms with Crippen molar-refractivity contribution in [2.24, 2.45) is 0 Å². The predicted octanol–water partition coefficient (Wildman–Crippen LogP) is 13.8. The highest BCUT2D eigenvalue weighted by atomic mass is 15.3. The molecule has 0 amide bonds. The fraction of sp³-hybridized carbons (Fsp3) is 0.0172. The molecule has 3 heterocycles. The third-order valence-corrected chi connectivity index (χ3v) is 13.1. The van der Waals surface area contributed by atoms with Gasteiger partial charge >= 0.3 is 0 Å². The average molecular weight is 804 g/mol. The van der Waals surface area contributed by atoms with Crippen LogP contribution in [0, 0.1) is 0 Å². The molecule has 0 bridgehead atoms. The van der Waals surface area contributed by atoms with Crippen LogP contribution in [-0.4, -0.2) is 24.1 Å². The lowest BCUT2D eigenvalue weighted by Gasteiger charge is -2.34. The first-order chi connectivity index (χ1) is 31.3. The summed E-state index contributed by atoms with van der Waals surface area (Å²) in [5.74, 6) is 1.71. The third-order valence-electron chi connectivity index (χ3n) is 13.1. The van der Waals surface area contributed by atoms with Gasteiger partial charge in [-0.3, -0.25) is 9.13 Å². The molecular formula is C58H37N5. The normalized spacial score (nSPS) is 12.9. The molecular weight excluding hydrogens is 767 g/mol. The Bertz CT molecular complexity index is 3630. The number of para-hydroxylation sites is 3. The maximum Gasteiger partial charge on any atom is 0.240 e. The summed E-state index contributed by atoms with van der Waals surface area (Å²) in [6.07, 6.45) is 0. The topological polar surface area (TPSA) is 48.5 Å². The number of fused-ring (bicyclic) bond motifs is 9. The number of rotatable bonds is 6. The van der Waals surface area contributed by atoms with Gasteiger partial charge in [0.1, 0.15) is 0 Å². The maximum atomic E-state index is 5.50. The standard InChI is InChI=1S/C58H37N5/c1-4-18-38(19-5-1)39-32-34-40(35-33-39)55-59-56(62-51-29-15-11-25-44(51)45-26-12-16-30-52(45)62)61-57(60-55)63-53-31-17-13-27-46(53)48-36-47-43-24-10-14-28-49(43)58(50(47)37-54(48)63,41-20-6-2-7-21-41)42-22-8-3-9-23-42/h1-37H. The van der Waals surface area contributed by atoms with E-state index in [0.29, 0.717) is 17.7 Å². The summed E-state index contributed by atoms with van der Waals surface area (Å²) >= 11 is 0. The predicted molar refractivity (Wildman–Crippen MR) is 257 cm³/mol. The van der Waals surface area contributed by atoms with Gasteiger partial charge < -0.3 is 0 Å². The van der Waals surface area contributed by atoms with Crippen molar-refractivity contribution in [3.63, 3.8) is 0 Å². The van der Waals surface area contributed by atoms with E-state index >= 15 is 0 Å². The first kappa shape index (κ1) is 35.4. The molecule has 0 atom stereocenters. The summed E-state index contributed by atoms with van der Waals surface area (Å²) in [6.45, 7) is 0. The smallest absolute Gasteiger partial charge is 0.240 e. The first-order valence-corrected chi connectivity index (χ1v) is 21.5. The van der Waals surface area contributed by atoms with Crippen molar-refractivity contribution < 1.29 is 0 Å². The monoisotopic (exact) mass is 803 g/mol. The van der Waals surface area contributed by atoms with Crippen LogP contribution in [0.5, 0.6) is 0 Å². The van der Waals surface area contributed by atoms with Crippen molar-refractivity contribution >= 4 is 43.6 Å². The molecule has 5 nitrogen and oxygen atoms in total. The molecule has 3 aromatic heterocycles. The zero-order valence-electron chi connectivity index (χ0n) is 34.1. The lowest BCUT2D eigenvalue weighted by Crippen LogP contribution is -2.28. The molecule has 1 aliphatic rings. The fourth-order valence-electron chi connectivity index (χ4n) is 10.4. The second-order valence-electron chi connectivity index (χ2n) is 16.4. The van der Waals surface area contributed by atoms with E-state index in [0.717, 1.165) is 60.3 Å². The van der Waals surface area contributed by atoms with Crippen LogP contribution in [0.2, 0.25) is 0 Å². The third kappa shape index (κ3) is 5.20. The van der Waals surface area contributed by atoms with E-state index in [9.17, 15) is 0 Å². The van der Waals surface area contributed by atoms with E-state index in [2.05, 4.69) is 228 Å². The van der Waals surface area contributed by atoms with Crippen molar-refractivity contribution in [3.05, 3.63) is 247 Å². The highest BCUT2D eigenvalue weighted by Gasteiger charge is 2.46. The first-order valence-electron chi connectivity index (χ1n) is 21.5. The van der Waals surface area contributed by atoms with E-state index in [1.165, 1.54) is 33.4 Å². The van der Waals surface area contributed by atoms with Crippen LogP contribution >= 0.6 is 0 Å². The molecule has 0 saturated carbocycles. The van der Waals surface area contributed by atoms with Crippen molar-refractivity contribution in [2.45, 2.75) is 5.41 Å². The van der Waals surface area contributed by atoms with Crippen LogP contribution in [0.3, 0.4) is 0 Å². The number of benzene rings is 9. The van der Waals surface area contributed by atoms with Crippen LogP contribution in [-0.2, 0) is 5.41 Å². The largest absolute Gasteiger partial charge is 0.278 e. The number of hydrogen-bond acceptors (Lipinski definition) is 3. The SMILES string of the molecule is c1ccc(-c2ccc(-c3nc(-n4c5ccccc5c5ccccc54)nc(-n4c5ccccc5c5cc6c(cc54)C(c4ccccc4)(c4ccccc4)c4ccccc4-6)n3)cc2)cc1. The fourth-order valence-corrected chi connectivity index (χ4v) is 10.4. The van der Waals surface area contributed by atoms with Crippen molar-refractivity contribution in [1.29, 1.82) is 0 Å². The van der Waals surface area contributed by atoms with Crippen LogP contribution in [0.15, 0.2) is 224 Å². The quantitative estimate of drug-likeness (QED) is 0.168. The second-order valence-corrected chi connectivity index (χ2v) is 16.4. The van der Waals surface area contributed by atoms with Gasteiger partial charge in [-0.2, -0.15) is 15.0 Å². The van der Waals surface area contributed by atoms with E-state index < -0.39 is 5.41 Å². The Kier molecular flexibility index (Phi) is 7.75. The van der Waals surface area contributed by atoms with E-state index in [1.54, 1.807) is 0 Å². The lowest BCUT2D eigenvalue weighted by molar-refractivity contribution is 0.769. The highest BCUT2D eigenvalue weighted by Crippen LogP contribution is 2.57. The summed E-state index contributed by atoms with van der Waals surface area (Å²) in [5, 5.41) is 4.57. The lowest BCUT2D eigenvalue weighted by atomic mass is 9.67. The maximum absolute atomic E-state index is 5.50. The number of nitrogens with zero attached hydrogens (tertiary/aromatic N) is 5. The zero-order chi connectivity index (χ0) is 41.5. The Morgan fingerprint density at radius 1 is 0.302 bits per heavy atom. The van der Waals surface area contributed by atoms with Gasteiger partial charge in [0.15, 0.2) is 5.82 Å². The van der Waals surface area contributed by atoms with Gasteiger partial charge in [-0.15, -0.1) is 0 Å². The summed E-state index contributed by atoms with van der Waals surface area (Å²) in [4.78, 5) is 16.3. The van der Waals surface area contributed by atoms with Crippen molar-refractivity contribution in [3.8, 4) is 45.5 Å². The molecule has 5 heteroatoms. The zero-order valence-corrected chi connectivity index (χ0v) is 34.1. The van der Waals surface area contributed by atoms with Crippen LogP contribution in [0.25, 0.3) is 89.2 Å². The molecule has 0 N–H and O–H groups in total. The van der Waals surface area contributed by atoms with Gasteiger partial charge in [0.25, 0.3) is 0 Å². The van der Waals surface area contributed by atoms with E-state index in [4.69, 9.17) is 15.0 Å². The summed E-state index contributed by atoms with van der Waals surface area (Å²) < 4.78 is 4.45. The molecule has 12 aromatic rings. The van der Waals surface area contributed by atoms with Crippen LogP contribution < -0.4 is 0 Å². The van der Waals surface area contributed by atoms with Crippen LogP contribution in [0.1, 0.15) is 22.3 Å². The number of aromatic nitrogens is 5. The molecule has 9 aromatic carbocycles. The molecule has 0 spiro atoms. The average Bonchev–Trinajstić information content (AvgIpc) is 3.98. The molecule has 0 radical (unpaired) electrons. The molecule has 0 unspecified atom stereocenters. The molecule has 0 aliphatic heterocycles. The molecule has 294 valence electrons. The van der Waals surface area contributed by atoms with Gasteiger partial charge in [0, 0.05) is 27.1 Å². The molecule has 1 aliphatic carbocycles. The van der Waals surface area contributed by atoms with Gasteiger partial charge in [0.2, 0.25) is 11.9 Å². The van der Waals surface area contributed by atoms with Gasteiger partial charge in [0.05, 0.1) is 27.5 Å².